The Labute approximate surface area is 116 Å². The van der Waals surface area contributed by atoms with Gasteiger partial charge in [-0.15, -0.1) is 11.3 Å². The molecule has 0 aliphatic rings. The molecule has 1 heterocycles. The van der Waals surface area contributed by atoms with Crippen LogP contribution in [-0.2, 0) is 6.54 Å². The lowest BCUT2D eigenvalue weighted by molar-refractivity contribution is 0.678. The predicted octanol–water partition coefficient (Wildman–Crippen LogP) is 3.58. The third-order valence-corrected chi connectivity index (χ3v) is 4.07. The number of nitrogens with zero attached hydrogens (tertiary/aromatic N) is 2. The Kier molecular flexibility index (Phi) is 7.28. The van der Waals surface area contributed by atoms with E-state index in [1.54, 1.807) is 0 Å². The number of hydrogen-bond donors (Lipinski definition) is 1. The van der Waals surface area contributed by atoms with Crippen LogP contribution in [0.5, 0.6) is 0 Å². The largest absolute Gasteiger partial charge is 0.348 e. The number of nitrogens with one attached hydrogen (secondary N) is 1. The topological polar surface area (TPSA) is 28.2 Å². The molecule has 0 radical (unpaired) electrons. The van der Waals surface area contributed by atoms with Crippen LogP contribution in [0.1, 0.15) is 50.6 Å². The molecule has 0 saturated heterocycles. The molecular formula is C14H27N3S. The highest BCUT2D eigenvalue weighted by Crippen LogP contribution is 2.26. The Morgan fingerprint density at radius 1 is 1.11 bits per heavy atom. The molecule has 0 fully saturated rings. The SMILES string of the molecule is CCCNCc1sc(N(CCC)CCC)nc1C. The van der Waals surface area contributed by atoms with Crippen molar-refractivity contribution in [3.63, 3.8) is 0 Å². The van der Waals surface area contributed by atoms with Crippen molar-refractivity contribution >= 4 is 16.5 Å². The van der Waals surface area contributed by atoms with Gasteiger partial charge in [-0.2, -0.15) is 0 Å². The Bertz CT molecular complexity index is 330. The average molecular weight is 269 g/mol. The van der Waals surface area contributed by atoms with Crippen LogP contribution in [0.15, 0.2) is 0 Å². The lowest BCUT2D eigenvalue weighted by atomic mass is 10.3. The predicted molar refractivity (Wildman–Crippen MR) is 81.6 cm³/mol. The van der Waals surface area contributed by atoms with E-state index >= 15 is 0 Å². The van der Waals surface area contributed by atoms with Crippen LogP contribution in [0.3, 0.4) is 0 Å². The summed E-state index contributed by atoms with van der Waals surface area (Å²) in [5.41, 5.74) is 1.19. The smallest absolute Gasteiger partial charge is 0.185 e. The lowest BCUT2D eigenvalue weighted by Gasteiger charge is -2.19. The van der Waals surface area contributed by atoms with Crippen LogP contribution in [0, 0.1) is 6.92 Å². The zero-order valence-corrected chi connectivity index (χ0v) is 13.1. The van der Waals surface area contributed by atoms with E-state index in [2.05, 4.69) is 37.9 Å². The van der Waals surface area contributed by atoms with Crippen LogP contribution in [0.2, 0.25) is 0 Å². The van der Waals surface area contributed by atoms with E-state index in [1.165, 1.54) is 35.0 Å². The molecular weight excluding hydrogens is 242 g/mol. The van der Waals surface area contributed by atoms with Gasteiger partial charge in [0.1, 0.15) is 0 Å². The van der Waals surface area contributed by atoms with E-state index in [-0.39, 0.29) is 0 Å². The van der Waals surface area contributed by atoms with Gasteiger partial charge in [-0.25, -0.2) is 4.98 Å². The Morgan fingerprint density at radius 3 is 2.33 bits per heavy atom. The third-order valence-electron chi connectivity index (χ3n) is 2.85. The number of aromatic nitrogens is 1. The van der Waals surface area contributed by atoms with Gasteiger partial charge in [0.15, 0.2) is 5.13 Å². The molecule has 3 nitrogen and oxygen atoms in total. The fraction of sp³-hybridized carbons (Fsp3) is 0.786. The highest BCUT2D eigenvalue weighted by atomic mass is 32.1. The van der Waals surface area contributed by atoms with Crippen molar-refractivity contribution in [1.29, 1.82) is 0 Å². The quantitative estimate of drug-likeness (QED) is 0.695. The van der Waals surface area contributed by atoms with E-state index in [1.807, 2.05) is 11.3 Å². The molecule has 18 heavy (non-hydrogen) atoms. The van der Waals surface area contributed by atoms with Crippen molar-refractivity contribution in [3.05, 3.63) is 10.6 Å². The van der Waals surface area contributed by atoms with Crippen LogP contribution < -0.4 is 10.2 Å². The molecule has 1 rings (SSSR count). The first kappa shape index (κ1) is 15.4. The molecule has 0 aliphatic heterocycles. The molecule has 1 aromatic heterocycles. The molecule has 104 valence electrons. The molecule has 0 aliphatic carbocycles. The van der Waals surface area contributed by atoms with Crippen LogP contribution >= 0.6 is 11.3 Å². The summed E-state index contributed by atoms with van der Waals surface area (Å²) in [7, 11) is 0. The van der Waals surface area contributed by atoms with Gasteiger partial charge in [0.05, 0.1) is 5.69 Å². The summed E-state index contributed by atoms with van der Waals surface area (Å²) in [6.07, 6.45) is 3.55. The lowest BCUT2D eigenvalue weighted by Crippen LogP contribution is -2.24. The summed E-state index contributed by atoms with van der Waals surface area (Å²) >= 11 is 1.85. The highest BCUT2D eigenvalue weighted by Gasteiger charge is 2.12. The average Bonchev–Trinajstić information content (AvgIpc) is 2.71. The van der Waals surface area contributed by atoms with Gasteiger partial charge in [0, 0.05) is 24.5 Å². The Morgan fingerprint density at radius 2 is 1.78 bits per heavy atom. The maximum atomic E-state index is 4.73. The van der Waals surface area contributed by atoms with Gasteiger partial charge in [-0.3, -0.25) is 0 Å². The summed E-state index contributed by atoms with van der Waals surface area (Å²) in [5, 5.41) is 4.66. The van der Waals surface area contributed by atoms with Crippen molar-refractivity contribution < 1.29 is 0 Å². The second-order valence-electron chi connectivity index (χ2n) is 4.67. The summed E-state index contributed by atoms with van der Waals surface area (Å²) < 4.78 is 0. The first-order valence-corrected chi connectivity index (χ1v) is 7.96. The zero-order valence-electron chi connectivity index (χ0n) is 12.3. The van der Waals surface area contributed by atoms with E-state index < -0.39 is 0 Å². The van der Waals surface area contributed by atoms with Gasteiger partial charge >= 0.3 is 0 Å². The number of rotatable bonds is 9. The standard InChI is InChI=1S/C14H27N3S/c1-5-8-15-11-13-12(4)16-14(18-13)17(9-6-2)10-7-3/h15H,5-11H2,1-4H3. The van der Waals surface area contributed by atoms with Crippen molar-refractivity contribution in [2.45, 2.75) is 53.5 Å². The molecule has 0 atom stereocenters. The first-order chi connectivity index (χ1) is 8.72. The maximum Gasteiger partial charge on any atom is 0.185 e. The summed E-state index contributed by atoms with van der Waals surface area (Å²) in [6.45, 7) is 13.1. The van der Waals surface area contributed by atoms with Gasteiger partial charge in [-0.05, 0) is 32.7 Å². The monoisotopic (exact) mass is 269 g/mol. The van der Waals surface area contributed by atoms with E-state index in [0.29, 0.717) is 0 Å². The summed E-state index contributed by atoms with van der Waals surface area (Å²) in [5.74, 6) is 0. The highest BCUT2D eigenvalue weighted by molar-refractivity contribution is 7.15. The van der Waals surface area contributed by atoms with Gasteiger partial charge in [0.25, 0.3) is 0 Å². The summed E-state index contributed by atoms with van der Waals surface area (Å²) in [6, 6.07) is 0. The van der Waals surface area contributed by atoms with E-state index in [9.17, 15) is 0 Å². The molecule has 0 saturated carbocycles. The minimum Gasteiger partial charge on any atom is -0.348 e. The number of anilines is 1. The van der Waals surface area contributed by atoms with E-state index in [4.69, 9.17) is 4.98 Å². The maximum absolute atomic E-state index is 4.73. The molecule has 4 heteroatoms. The molecule has 0 aromatic carbocycles. The molecule has 0 bridgehead atoms. The van der Waals surface area contributed by atoms with Gasteiger partial charge < -0.3 is 10.2 Å². The Balaban J connectivity index is 2.67. The Hall–Kier alpha value is -0.610. The minimum absolute atomic E-state index is 0.962. The number of hydrogen-bond acceptors (Lipinski definition) is 4. The van der Waals surface area contributed by atoms with Crippen molar-refractivity contribution in [2.75, 3.05) is 24.5 Å². The van der Waals surface area contributed by atoms with Crippen molar-refractivity contribution in [3.8, 4) is 0 Å². The summed E-state index contributed by atoms with van der Waals surface area (Å²) in [4.78, 5) is 8.53. The van der Waals surface area contributed by atoms with Crippen molar-refractivity contribution in [2.24, 2.45) is 0 Å². The molecule has 0 unspecified atom stereocenters. The van der Waals surface area contributed by atoms with Crippen LogP contribution in [-0.4, -0.2) is 24.6 Å². The second-order valence-corrected chi connectivity index (χ2v) is 5.73. The molecule has 1 aromatic rings. The van der Waals surface area contributed by atoms with Crippen LogP contribution in [0.4, 0.5) is 5.13 Å². The molecule has 1 N–H and O–H groups in total. The van der Waals surface area contributed by atoms with Crippen molar-refractivity contribution in [1.82, 2.24) is 10.3 Å². The third kappa shape index (κ3) is 4.58. The minimum atomic E-state index is 0.962. The van der Waals surface area contributed by atoms with E-state index in [0.717, 1.165) is 26.2 Å². The van der Waals surface area contributed by atoms with Gasteiger partial charge in [0.2, 0.25) is 0 Å². The zero-order chi connectivity index (χ0) is 13.4. The second kappa shape index (κ2) is 8.48. The fourth-order valence-electron chi connectivity index (χ4n) is 1.93. The molecule has 0 amide bonds. The number of aryl methyl sites for hydroxylation is 1. The fourth-order valence-corrected chi connectivity index (χ4v) is 3.02. The van der Waals surface area contributed by atoms with Gasteiger partial charge in [-0.1, -0.05) is 20.8 Å². The van der Waals surface area contributed by atoms with Crippen LogP contribution in [0.25, 0.3) is 0 Å². The first-order valence-electron chi connectivity index (χ1n) is 7.14. The number of thiazole rings is 1. The normalized spacial score (nSPS) is 10.9. The molecule has 0 spiro atoms.